The van der Waals surface area contributed by atoms with Crippen molar-refractivity contribution in [2.75, 3.05) is 0 Å². The lowest BCUT2D eigenvalue weighted by molar-refractivity contribution is 0.493. The van der Waals surface area contributed by atoms with Gasteiger partial charge in [0.05, 0.1) is 10.2 Å². The average molecular weight is 370 g/mol. The van der Waals surface area contributed by atoms with Crippen LogP contribution in [-0.4, -0.2) is 18.3 Å². The minimum atomic E-state index is -1.83. The van der Waals surface area contributed by atoms with Crippen molar-refractivity contribution in [1.29, 1.82) is 0 Å². The highest BCUT2D eigenvalue weighted by Gasteiger charge is 2.39. The molecular weight excluding hydrogens is 343 g/mol. The number of aryl methyl sites for hydroxylation is 1. The summed E-state index contributed by atoms with van der Waals surface area (Å²) in [6, 6.07) is 10.4. The maximum Gasteiger partial charge on any atom is 0.250 e. The zero-order chi connectivity index (χ0) is 18.2. The van der Waals surface area contributed by atoms with Gasteiger partial charge in [0, 0.05) is 17.5 Å². The smallest absolute Gasteiger partial charge is 0.250 e. The first kappa shape index (κ1) is 18.1. The van der Waals surface area contributed by atoms with E-state index in [1.807, 2.05) is 12.3 Å². The number of aromatic nitrogens is 2. The van der Waals surface area contributed by atoms with Crippen LogP contribution in [0, 0.1) is 0 Å². The lowest BCUT2D eigenvalue weighted by atomic mass is 10.1. The molecule has 132 valence electrons. The van der Waals surface area contributed by atoms with Gasteiger partial charge in [-0.3, -0.25) is 4.98 Å². The molecule has 0 aliphatic rings. The zero-order valence-corrected chi connectivity index (χ0v) is 17.7. The molecular formula is C20H26N2OSSi. The summed E-state index contributed by atoms with van der Waals surface area (Å²) in [6.07, 6.45) is 2.87. The summed E-state index contributed by atoms with van der Waals surface area (Å²) in [5, 5.41) is 1.20. The Bertz CT molecular complexity index is 879. The third kappa shape index (κ3) is 3.77. The molecule has 3 rings (SSSR count). The Morgan fingerprint density at radius 2 is 1.88 bits per heavy atom. The van der Waals surface area contributed by atoms with Gasteiger partial charge in [0.1, 0.15) is 10.8 Å². The van der Waals surface area contributed by atoms with Crippen LogP contribution < -0.4 is 4.43 Å². The van der Waals surface area contributed by atoms with E-state index in [1.54, 1.807) is 11.3 Å². The molecule has 3 nitrogen and oxygen atoms in total. The van der Waals surface area contributed by atoms with Gasteiger partial charge < -0.3 is 4.43 Å². The summed E-state index contributed by atoms with van der Waals surface area (Å²) in [5.74, 6) is 0.953. The highest BCUT2D eigenvalue weighted by Crippen LogP contribution is 2.39. The van der Waals surface area contributed by atoms with E-state index in [2.05, 4.69) is 70.0 Å². The molecule has 0 bridgehead atoms. The summed E-state index contributed by atoms with van der Waals surface area (Å²) in [7, 11) is -1.83. The number of hydrogen-bond acceptors (Lipinski definition) is 4. The van der Waals surface area contributed by atoms with Crippen LogP contribution in [0.15, 0.2) is 36.5 Å². The van der Waals surface area contributed by atoms with Crippen LogP contribution in [0.2, 0.25) is 18.1 Å². The second kappa shape index (κ2) is 6.54. The summed E-state index contributed by atoms with van der Waals surface area (Å²) in [6.45, 7) is 13.4. The predicted octanol–water partition coefficient (Wildman–Crippen LogP) is 6.30. The number of fused-ring (bicyclic) bond motifs is 1. The maximum absolute atomic E-state index is 6.43. The first-order chi connectivity index (χ1) is 11.7. The van der Waals surface area contributed by atoms with Crippen molar-refractivity contribution in [3.63, 3.8) is 0 Å². The molecule has 0 atom stereocenters. The summed E-state index contributed by atoms with van der Waals surface area (Å²) < 4.78 is 7.58. The van der Waals surface area contributed by atoms with Crippen LogP contribution in [0.4, 0.5) is 0 Å². The fourth-order valence-corrected chi connectivity index (χ4v) is 4.31. The maximum atomic E-state index is 6.43. The SMILES string of the molecule is CC(C)(C)[Si](C)(C)Oc1ccc2nc(-c3ccc(C[11CH3])nc3)sc2c1. The normalized spacial score (nSPS) is 12.6. The molecule has 0 N–H and O–H groups in total. The highest BCUT2D eigenvalue weighted by molar-refractivity contribution is 7.21. The molecule has 0 aliphatic carbocycles. The van der Waals surface area contributed by atoms with E-state index in [9.17, 15) is 0 Å². The van der Waals surface area contributed by atoms with E-state index < -0.39 is 8.32 Å². The molecule has 1 aromatic carbocycles. The number of thiazole rings is 1. The van der Waals surface area contributed by atoms with Crippen LogP contribution in [0.3, 0.4) is 0 Å². The molecule has 0 aliphatic heterocycles. The average Bonchev–Trinajstić information content (AvgIpc) is 2.96. The monoisotopic (exact) mass is 369 g/mol. The minimum absolute atomic E-state index is 0.188. The summed E-state index contributed by atoms with van der Waals surface area (Å²) in [4.78, 5) is 9.24. The largest absolute Gasteiger partial charge is 0.543 e. The van der Waals surface area contributed by atoms with Gasteiger partial charge in [-0.1, -0.05) is 27.7 Å². The number of hydrogen-bond donors (Lipinski definition) is 0. The van der Waals surface area contributed by atoms with Crippen molar-refractivity contribution in [2.45, 2.75) is 52.2 Å². The van der Waals surface area contributed by atoms with Crippen LogP contribution in [-0.2, 0) is 6.42 Å². The summed E-state index contributed by atoms with van der Waals surface area (Å²) >= 11 is 1.70. The van der Waals surface area contributed by atoms with E-state index in [1.165, 1.54) is 0 Å². The van der Waals surface area contributed by atoms with Gasteiger partial charge in [0.2, 0.25) is 8.32 Å². The molecule has 0 saturated heterocycles. The molecule has 3 aromatic rings. The van der Waals surface area contributed by atoms with Crippen molar-refractivity contribution >= 4 is 29.9 Å². The third-order valence-corrected chi connectivity index (χ3v) is 10.4. The third-order valence-electron chi connectivity index (χ3n) is 4.97. The van der Waals surface area contributed by atoms with Crippen LogP contribution in [0.5, 0.6) is 5.75 Å². The van der Waals surface area contributed by atoms with Crippen molar-refractivity contribution in [1.82, 2.24) is 9.97 Å². The molecule has 0 unspecified atom stereocenters. The Morgan fingerprint density at radius 1 is 1.12 bits per heavy atom. The van der Waals surface area contributed by atoms with E-state index in [0.29, 0.717) is 0 Å². The van der Waals surface area contributed by atoms with Gasteiger partial charge in [-0.15, -0.1) is 11.3 Å². The molecule has 2 heterocycles. The van der Waals surface area contributed by atoms with Crippen LogP contribution >= 0.6 is 11.3 Å². The molecule has 25 heavy (non-hydrogen) atoms. The van der Waals surface area contributed by atoms with E-state index in [-0.39, 0.29) is 5.04 Å². The Morgan fingerprint density at radius 3 is 2.48 bits per heavy atom. The van der Waals surface area contributed by atoms with Gasteiger partial charge in [0.25, 0.3) is 0 Å². The molecule has 0 fully saturated rings. The van der Waals surface area contributed by atoms with Crippen molar-refractivity contribution in [3.8, 4) is 16.3 Å². The Balaban J connectivity index is 1.91. The standard InChI is InChI=1S/C20H26N2OSSi/c1-7-15-9-8-14(13-21-15)19-22-17-11-10-16(12-18(17)24-19)23-25(5,6)20(2,3)4/h8-13H,7H2,1-6H3/i1-1. The zero-order valence-electron chi connectivity index (χ0n) is 15.9. The molecule has 2 aromatic heterocycles. The van der Waals surface area contributed by atoms with Crippen LogP contribution in [0.25, 0.3) is 20.8 Å². The van der Waals surface area contributed by atoms with Gasteiger partial charge in [-0.2, -0.15) is 0 Å². The second-order valence-corrected chi connectivity index (χ2v) is 13.7. The Labute approximate surface area is 155 Å². The number of pyridine rings is 1. The predicted molar refractivity (Wildman–Crippen MR) is 110 cm³/mol. The number of benzene rings is 1. The van der Waals surface area contributed by atoms with Crippen molar-refractivity contribution < 1.29 is 4.43 Å². The second-order valence-electron chi connectivity index (χ2n) is 7.90. The number of rotatable bonds is 4. The highest BCUT2D eigenvalue weighted by atomic mass is 32.1. The fraction of sp³-hybridized carbons (Fsp3) is 0.400. The molecule has 0 saturated carbocycles. The molecule has 5 heteroatoms. The van der Waals surface area contributed by atoms with Crippen LogP contribution in [0.1, 0.15) is 33.4 Å². The summed E-state index contributed by atoms with van der Waals surface area (Å²) in [5.41, 5.74) is 3.20. The molecule has 0 radical (unpaired) electrons. The molecule has 0 amide bonds. The van der Waals surface area contributed by atoms with Gasteiger partial charge >= 0.3 is 0 Å². The van der Waals surface area contributed by atoms with Gasteiger partial charge in [-0.25, -0.2) is 4.98 Å². The Kier molecular flexibility index (Phi) is 4.73. The quantitative estimate of drug-likeness (QED) is 0.506. The van der Waals surface area contributed by atoms with Crippen molar-refractivity contribution in [2.24, 2.45) is 0 Å². The minimum Gasteiger partial charge on any atom is -0.543 e. The first-order valence-corrected chi connectivity index (χ1v) is 12.5. The lowest BCUT2D eigenvalue weighted by Crippen LogP contribution is -2.43. The Hall–Kier alpha value is -1.72. The topological polar surface area (TPSA) is 35.0 Å². The van der Waals surface area contributed by atoms with E-state index in [4.69, 9.17) is 9.41 Å². The van der Waals surface area contributed by atoms with Gasteiger partial charge in [0.15, 0.2) is 0 Å². The first-order valence-electron chi connectivity index (χ1n) is 8.74. The lowest BCUT2D eigenvalue weighted by Gasteiger charge is -2.36. The van der Waals surface area contributed by atoms with Gasteiger partial charge in [-0.05, 0) is 54.9 Å². The van der Waals surface area contributed by atoms with Crippen molar-refractivity contribution in [3.05, 3.63) is 42.2 Å². The fourth-order valence-electron chi connectivity index (χ4n) is 2.30. The number of nitrogens with zero attached hydrogens (tertiary/aromatic N) is 2. The van der Waals surface area contributed by atoms with E-state index >= 15 is 0 Å². The van der Waals surface area contributed by atoms with E-state index in [0.717, 1.165) is 38.7 Å². The molecule has 0 spiro atoms.